The monoisotopic (exact) mass is 427 g/mol. The number of carbonyl (C=O) groups excluding carboxylic acids is 3. The minimum Gasteiger partial charge on any atom is -0.479 e. The molecule has 1 aromatic carbocycles. The molecule has 3 heterocycles. The number of anilines is 2. The first-order valence-corrected chi connectivity index (χ1v) is 11.1. The Labute approximate surface area is 179 Å². The van der Waals surface area contributed by atoms with E-state index in [2.05, 4.69) is 5.32 Å². The van der Waals surface area contributed by atoms with Gasteiger partial charge in [-0.2, -0.15) is 0 Å². The fourth-order valence-electron chi connectivity index (χ4n) is 3.80. The van der Waals surface area contributed by atoms with Gasteiger partial charge in [-0.3, -0.25) is 19.3 Å². The number of hydrogen-bond acceptors (Lipinski definition) is 5. The van der Waals surface area contributed by atoms with E-state index in [1.807, 2.05) is 22.4 Å². The average molecular weight is 428 g/mol. The van der Waals surface area contributed by atoms with Gasteiger partial charge in [0.05, 0.1) is 12.1 Å². The Hall–Kier alpha value is -2.87. The summed E-state index contributed by atoms with van der Waals surface area (Å²) in [4.78, 5) is 42.2. The third-order valence-corrected chi connectivity index (χ3v) is 6.24. The lowest BCUT2D eigenvalue weighted by Gasteiger charge is -2.35. The molecule has 1 N–H and O–H groups in total. The van der Waals surface area contributed by atoms with Crippen molar-refractivity contribution in [2.24, 2.45) is 0 Å². The van der Waals surface area contributed by atoms with Crippen molar-refractivity contribution in [1.82, 2.24) is 4.90 Å². The van der Waals surface area contributed by atoms with Crippen LogP contribution in [-0.2, 0) is 20.8 Å². The van der Waals surface area contributed by atoms with Gasteiger partial charge in [-0.05, 0) is 55.8 Å². The number of nitrogens with zero attached hydrogens (tertiary/aromatic N) is 2. The molecule has 1 unspecified atom stereocenters. The van der Waals surface area contributed by atoms with Crippen LogP contribution in [0.2, 0.25) is 0 Å². The van der Waals surface area contributed by atoms with Crippen molar-refractivity contribution >= 4 is 40.4 Å². The minimum atomic E-state index is -0.661. The van der Waals surface area contributed by atoms with E-state index in [4.69, 9.17) is 4.74 Å². The highest BCUT2D eigenvalue weighted by molar-refractivity contribution is 7.10. The van der Waals surface area contributed by atoms with E-state index in [-0.39, 0.29) is 24.3 Å². The van der Waals surface area contributed by atoms with Crippen LogP contribution in [0.5, 0.6) is 5.75 Å². The molecule has 4 rings (SSSR count). The predicted octanol–water partition coefficient (Wildman–Crippen LogP) is 3.06. The van der Waals surface area contributed by atoms with Crippen LogP contribution in [0, 0.1) is 0 Å². The van der Waals surface area contributed by atoms with Crippen LogP contribution in [0.25, 0.3) is 0 Å². The van der Waals surface area contributed by atoms with Crippen LogP contribution in [0.3, 0.4) is 0 Å². The molecular formula is C22H25N3O4S. The van der Waals surface area contributed by atoms with E-state index in [9.17, 15) is 14.4 Å². The van der Waals surface area contributed by atoms with E-state index in [0.29, 0.717) is 23.5 Å². The Balaban J connectivity index is 1.52. The summed E-state index contributed by atoms with van der Waals surface area (Å²) in [6, 6.07) is 9.01. The van der Waals surface area contributed by atoms with Crippen molar-refractivity contribution in [3.8, 4) is 5.75 Å². The number of hydrogen-bond donors (Lipinski definition) is 1. The van der Waals surface area contributed by atoms with Crippen molar-refractivity contribution in [1.29, 1.82) is 0 Å². The maximum absolute atomic E-state index is 12.8. The second kappa shape index (κ2) is 8.87. The van der Waals surface area contributed by atoms with Crippen molar-refractivity contribution < 1.29 is 19.1 Å². The molecule has 158 valence electrons. The zero-order chi connectivity index (χ0) is 21.1. The van der Waals surface area contributed by atoms with Crippen LogP contribution >= 0.6 is 11.3 Å². The van der Waals surface area contributed by atoms with Crippen LogP contribution in [0.4, 0.5) is 11.4 Å². The third-order valence-electron chi connectivity index (χ3n) is 5.37. The van der Waals surface area contributed by atoms with E-state index >= 15 is 0 Å². The fourth-order valence-corrected chi connectivity index (χ4v) is 4.51. The van der Waals surface area contributed by atoms with Gasteiger partial charge < -0.3 is 15.0 Å². The molecule has 0 aliphatic carbocycles. The first-order valence-electron chi connectivity index (χ1n) is 10.2. The second-order valence-electron chi connectivity index (χ2n) is 7.61. The number of ether oxygens (including phenoxy) is 1. The molecule has 3 amide bonds. The quantitative estimate of drug-likeness (QED) is 0.796. The highest BCUT2D eigenvalue weighted by Crippen LogP contribution is 2.36. The van der Waals surface area contributed by atoms with Crippen LogP contribution < -0.4 is 15.0 Å². The van der Waals surface area contributed by atoms with Crippen LogP contribution in [-0.4, -0.2) is 48.4 Å². The molecule has 1 saturated heterocycles. The number of nitrogens with one attached hydrogen (secondary N) is 1. The third kappa shape index (κ3) is 4.48. The standard InChI is InChI=1S/C22H25N3O4S/c1-15-22(28)25(14-21(27)24-9-3-2-4-10-24)18-12-16(7-8-19(18)29-15)23-20(26)13-17-6-5-11-30-17/h5-8,11-12,15H,2-4,9-10,13-14H2,1H3,(H,23,26). The number of likely N-dealkylation sites (tertiary alicyclic amines) is 1. The fraction of sp³-hybridized carbons (Fsp3) is 0.409. The summed E-state index contributed by atoms with van der Waals surface area (Å²) < 4.78 is 5.72. The van der Waals surface area contributed by atoms with Gasteiger partial charge >= 0.3 is 0 Å². The van der Waals surface area contributed by atoms with Gasteiger partial charge in [0.15, 0.2) is 6.10 Å². The molecule has 2 aromatic rings. The number of amides is 3. The SMILES string of the molecule is CC1Oc2ccc(NC(=O)Cc3cccs3)cc2N(CC(=O)N2CCCCC2)C1=O. The summed E-state index contributed by atoms with van der Waals surface area (Å²) in [7, 11) is 0. The number of carbonyl (C=O) groups is 3. The second-order valence-corrected chi connectivity index (χ2v) is 8.64. The zero-order valence-electron chi connectivity index (χ0n) is 16.9. The molecule has 0 bridgehead atoms. The number of benzene rings is 1. The average Bonchev–Trinajstić information content (AvgIpc) is 3.25. The molecule has 7 nitrogen and oxygen atoms in total. The molecule has 2 aliphatic heterocycles. The number of fused-ring (bicyclic) bond motifs is 1. The number of rotatable bonds is 5. The van der Waals surface area contributed by atoms with E-state index < -0.39 is 6.10 Å². The maximum atomic E-state index is 12.8. The summed E-state index contributed by atoms with van der Waals surface area (Å²) in [6.07, 6.45) is 2.75. The molecule has 30 heavy (non-hydrogen) atoms. The van der Waals surface area contributed by atoms with E-state index in [0.717, 1.165) is 37.2 Å². The summed E-state index contributed by atoms with van der Waals surface area (Å²) >= 11 is 1.53. The summed E-state index contributed by atoms with van der Waals surface area (Å²) in [5.74, 6) is 0.0831. The van der Waals surface area contributed by atoms with Gasteiger partial charge in [-0.15, -0.1) is 11.3 Å². The Bertz CT molecular complexity index is 938. The zero-order valence-corrected chi connectivity index (χ0v) is 17.7. The van der Waals surface area contributed by atoms with E-state index in [1.165, 1.54) is 16.2 Å². The van der Waals surface area contributed by atoms with Gasteiger partial charge in [0.1, 0.15) is 12.3 Å². The smallest absolute Gasteiger partial charge is 0.268 e. The molecule has 1 fully saturated rings. The predicted molar refractivity (Wildman–Crippen MR) is 116 cm³/mol. The normalized spacial score (nSPS) is 18.6. The molecule has 1 atom stereocenters. The topological polar surface area (TPSA) is 79.0 Å². The molecule has 0 radical (unpaired) electrons. The molecular weight excluding hydrogens is 402 g/mol. The summed E-state index contributed by atoms with van der Waals surface area (Å²) in [5, 5.41) is 4.81. The first-order chi connectivity index (χ1) is 14.5. The lowest BCUT2D eigenvalue weighted by molar-refractivity contribution is -0.133. The van der Waals surface area contributed by atoms with Crippen molar-refractivity contribution in [2.45, 2.75) is 38.7 Å². The largest absolute Gasteiger partial charge is 0.479 e. The van der Waals surface area contributed by atoms with Crippen molar-refractivity contribution in [2.75, 3.05) is 29.9 Å². The Kier molecular flexibility index (Phi) is 6.03. The first kappa shape index (κ1) is 20.4. The Morgan fingerprint density at radius 2 is 2.00 bits per heavy atom. The lowest BCUT2D eigenvalue weighted by atomic mass is 10.1. The van der Waals surface area contributed by atoms with Gasteiger partial charge in [0, 0.05) is 23.7 Å². The summed E-state index contributed by atoms with van der Waals surface area (Å²) in [5.41, 5.74) is 1.08. The van der Waals surface area contributed by atoms with E-state index in [1.54, 1.807) is 25.1 Å². The highest BCUT2D eigenvalue weighted by atomic mass is 32.1. The van der Waals surface area contributed by atoms with Gasteiger partial charge in [-0.25, -0.2) is 0 Å². The maximum Gasteiger partial charge on any atom is 0.268 e. The Morgan fingerprint density at radius 3 is 2.73 bits per heavy atom. The molecule has 2 aliphatic rings. The minimum absolute atomic E-state index is 0.0217. The van der Waals surface area contributed by atoms with Crippen LogP contribution in [0.15, 0.2) is 35.7 Å². The van der Waals surface area contributed by atoms with Gasteiger partial charge in [-0.1, -0.05) is 6.07 Å². The van der Waals surface area contributed by atoms with Crippen molar-refractivity contribution in [3.63, 3.8) is 0 Å². The highest BCUT2D eigenvalue weighted by Gasteiger charge is 2.34. The Morgan fingerprint density at radius 1 is 1.20 bits per heavy atom. The molecule has 1 aromatic heterocycles. The van der Waals surface area contributed by atoms with Crippen LogP contribution in [0.1, 0.15) is 31.1 Å². The molecule has 8 heteroatoms. The molecule has 0 spiro atoms. The van der Waals surface area contributed by atoms with Gasteiger partial charge in [0.2, 0.25) is 11.8 Å². The number of thiophene rings is 1. The lowest BCUT2D eigenvalue weighted by Crippen LogP contribution is -2.50. The molecule has 0 saturated carbocycles. The van der Waals surface area contributed by atoms with Gasteiger partial charge in [0.25, 0.3) is 5.91 Å². The summed E-state index contributed by atoms with van der Waals surface area (Å²) in [6.45, 7) is 3.13. The van der Waals surface area contributed by atoms with Crippen molar-refractivity contribution in [3.05, 3.63) is 40.6 Å². The number of piperidine rings is 1.